The zero-order chi connectivity index (χ0) is 14.2. The van der Waals surface area contributed by atoms with Crippen LogP contribution < -0.4 is 0 Å². The van der Waals surface area contributed by atoms with E-state index in [1.165, 1.54) is 6.07 Å². The summed E-state index contributed by atoms with van der Waals surface area (Å²) in [7, 11) is 0. The molecule has 2 aromatic rings. The lowest BCUT2D eigenvalue weighted by molar-refractivity contribution is -0.402. The lowest BCUT2D eigenvalue weighted by Crippen LogP contribution is -1.96. The molecule has 0 N–H and O–H groups in total. The molecule has 0 aliphatic carbocycles. The zero-order valence-electron chi connectivity index (χ0n) is 9.07. The predicted octanol–water partition coefficient (Wildman–Crippen LogP) is 4.45. The number of benzene rings is 1. The van der Waals surface area contributed by atoms with Gasteiger partial charge in [0.2, 0.25) is 0 Å². The van der Waals surface area contributed by atoms with Crippen LogP contribution >= 0.6 is 23.2 Å². The molecule has 2 rings (SSSR count). The molecule has 1 aromatic heterocycles. The first-order valence-electron chi connectivity index (χ1n) is 4.92. The summed E-state index contributed by atoms with van der Waals surface area (Å²) in [6, 6.07) is 3.98. The molecule has 0 radical (unpaired) electrons. The van der Waals surface area contributed by atoms with Gasteiger partial charge in [-0.25, -0.2) is 8.78 Å². The van der Waals surface area contributed by atoms with Crippen molar-refractivity contribution in [2.75, 3.05) is 0 Å². The Morgan fingerprint density at radius 3 is 2.47 bits per heavy atom. The molecule has 0 amide bonds. The Balaban J connectivity index is 2.40. The van der Waals surface area contributed by atoms with Crippen LogP contribution in [0.1, 0.15) is 16.7 Å². The molecule has 0 saturated heterocycles. The molecule has 0 fully saturated rings. The van der Waals surface area contributed by atoms with Crippen LogP contribution in [0.5, 0.6) is 0 Å². The highest BCUT2D eigenvalue weighted by molar-refractivity contribution is 6.33. The summed E-state index contributed by atoms with van der Waals surface area (Å²) in [6.45, 7) is 0. The third-order valence-electron chi connectivity index (χ3n) is 2.35. The Kier molecular flexibility index (Phi) is 3.73. The molecule has 1 unspecified atom stereocenters. The summed E-state index contributed by atoms with van der Waals surface area (Å²) in [5, 5.41) is 9.31. The summed E-state index contributed by atoms with van der Waals surface area (Å²) in [4.78, 5) is 9.74. The Bertz CT molecular complexity index is 645. The first-order valence-corrected chi connectivity index (χ1v) is 5.74. The van der Waals surface area contributed by atoms with Gasteiger partial charge in [0.1, 0.15) is 16.1 Å². The Hall–Kier alpha value is -1.66. The van der Waals surface area contributed by atoms with E-state index in [0.717, 1.165) is 18.2 Å². The number of hydrogen-bond acceptors (Lipinski definition) is 3. The van der Waals surface area contributed by atoms with Gasteiger partial charge in [0.15, 0.2) is 11.6 Å². The van der Waals surface area contributed by atoms with Crippen molar-refractivity contribution >= 4 is 29.1 Å². The van der Waals surface area contributed by atoms with Crippen LogP contribution in [0.2, 0.25) is 5.02 Å². The highest BCUT2D eigenvalue weighted by Crippen LogP contribution is 2.36. The van der Waals surface area contributed by atoms with Crippen molar-refractivity contribution in [2.45, 2.75) is 5.38 Å². The topological polar surface area (TPSA) is 56.3 Å². The quantitative estimate of drug-likeness (QED) is 0.364. The second kappa shape index (κ2) is 5.14. The highest BCUT2D eigenvalue weighted by Gasteiger charge is 2.23. The molecule has 19 heavy (non-hydrogen) atoms. The Morgan fingerprint density at radius 2 is 1.89 bits per heavy atom. The van der Waals surface area contributed by atoms with Gasteiger partial charge in [-0.15, -0.1) is 11.6 Å². The average Bonchev–Trinajstić information content (AvgIpc) is 2.82. The number of nitro groups is 1. The zero-order valence-corrected chi connectivity index (χ0v) is 10.6. The number of alkyl halides is 1. The predicted molar refractivity (Wildman–Crippen MR) is 64.4 cm³/mol. The van der Waals surface area contributed by atoms with Crippen molar-refractivity contribution in [3.8, 4) is 0 Å². The highest BCUT2D eigenvalue weighted by atomic mass is 35.5. The van der Waals surface area contributed by atoms with Crippen molar-refractivity contribution in [3.05, 3.63) is 62.4 Å². The van der Waals surface area contributed by atoms with Gasteiger partial charge < -0.3 is 4.42 Å². The molecule has 100 valence electrons. The van der Waals surface area contributed by atoms with Crippen LogP contribution in [0.4, 0.5) is 14.7 Å². The number of furan rings is 1. The van der Waals surface area contributed by atoms with E-state index in [4.69, 9.17) is 27.6 Å². The minimum atomic E-state index is -1.12. The smallest absolute Gasteiger partial charge is 0.404 e. The van der Waals surface area contributed by atoms with E-state index < -0.39 is 27.8 Å². The molecule has 8 heteroatoms. The van der Waals surface area contributed by atoms with Crippen molar-refractivity contribution in [2.24, 2.45) is 0 Å². The van der Waals surface area contributed by atoms with Crippen LogP contribution in [-0.2, 0) is 0 Å². The van der Waals surface area contributed by atoms with E-state index >= 15 is 0 Å². The van der Waals surface area contributed by atoms with Gasteiger partial charge in [-0.1, -0.05) is 11.6 Å². The fraction of sp³-hybridized carbons (Fsp3) is 0.0909. The molecular weight excluding hydrogens is 303 g/mol. The van der Waals surface area contributed by atoms with Gasteiger partial charge in [-0.3, -0.25) is 10.1 Å². The third kappa shape index (κ3) is 2.69. The van der Waals surface area contributed by atoms with E-state index in [1.807, 2.05) is 0 Å². The van der Waals surface area contributed by atoms with E-state index in [-0.39, 0.29) is 16.3 Å². The number of rotatable bonds is 3. The maximum absolute atomic E-state index is 13.1. The molecule has 1 aromatic carbocycles. The number of nitrogens with zero attached hydrogens (tertiary/aromatic N) is 1. The second-order valence-electron chi connectivity index (χ2n) is 3.58. The van der Waals surface area contributed by atoms with Gasteiger partial charge in [0.25, 0.3) is 0 Å². The van der Waals surface area contributed by atoms with Gasteiger partial charge in [0.05, 0.1) is 6.07 Å². The number of halogens is 4. The fourth-order valence-electron chi connectivity index (χ4n) is 1.46. The summed E-state index contributed by atoms with van der Waals surface area (Å²) in [5.74, 6) is -2.71. The standard InChI is InChI=1S/C11H5Cl2F2NO3/c12-6-4-8(15)7(14)3-5(6)11(13)9-1-2-10(19-9)16(17)18/h1-4,11H. The Labute approximate surface area is 115 Å². The Morgan fingerprint density at radius 1 is 1.26 bits per heavy atom. The van der Waals surface area contributed by atoms with Gasteiger partial charge >= 0.3 is 5.88 Å². The third-order valence-corrected chi connectivity index (χ3v) is 3.13. The van der Waals surface area contributed by atoms with E-state index in [1.54, 1.807) is 0 Å². The van der Waals surface area contributed by atoms with E-state index in [0.29, 0.717) is 0 Å². The van der Waals surface area contributed by atoms with Crippen molar-refractivity contribution in [1.29, 1.82) is 0 Å². The monoisotopic (exact) mass is 307 g/mol. The van der Waals surface area contributed by atoms with Gasteiger partial charge in [-0.2, -0.15) is 0 Å². The SMILES string of the molecule is O=[N+]([O-])c1ccc(C(Cl)c2cc(F)c(F)cc2Cl)o1. The van der Waals surface area contributed by atoms with Crippen molar-refractivity contribution in [3.63, 3.8) is 0 Å². The molecule has 0 saturated carbocycles. The van der Waals surface area contributed by atoms with Gasteiger partial charge in [-0.05, 0) is 23.8 Å². The maximum atomic E-state index is 13.1. The van der Waals surface area contributed by atoms with Crippen LogP contribution in [0.25, 0.3) is 0 Å². The lowest BCUT2D eigenvalue weighted by Gasteiger charge is -2.09. The minimum absolute atomic E-state index is 0.0151. The molecular formula is C11H5Cl2F2NO3. The fourth-order valence-corrected chi connectivity index (χ4v) is 2.08. The normalized spacial score (nSPS) is 12.4. The van der Waals surface area contributed by atoms with Crippen molar-refractivity contribution in [1.82, 2.24) is 0 Å². The molecule has 0 aliphatic heterocycles. The molecule has 4 nitrogen and oxygen atoms in total. The van der Waals surface area contributed by atoms with Crippen LogP contribution in [0.3, 0.4) is 0 Å². The molecule has 1 atom stereocenters. The molecule has 1 heterocycles. The van der Waals surface area contributed by atoms with Crippen molar-refractivity contribution < 1.29 is 18.1 Å². The average molecular weight is 308 g/mol. The molecule has 0 spiro atoms. The minimum Gasteiger partial charge on any atom is -0.404 e. The number of hydrogen-bond donors (Lipinski definition) is 0. The first-order chi connectivity index (χ1) is 8.90. The summed E-state index contributed by atoms with van der Waals surface area (Å²) < 4.78 is 30.9. The van der Waals surface area contributed by atoms with Crippen LogP contribution in [-0.4, -0.2) is 4.92 Å². The second-order valence-corrected chi connectivity index (χ2v) is 4.43. The van der Waals surface area contributed by atoms with Crippen LogP contribution in [0.15, 0.2) is 28.7 Å². The van der Waals surface area contributed by atoms with E-state index in [9.17, 15) is 18.9 Å². The first kappa shape index (κ1) is 13.8. The van der Waals surface area contributed by atoms with Gasteiger partial charge in [0, 0.05) is 5.02 Å². The molecule has 0 bridgehead atoms. The summed E-state index contributed by atoms with van der Waals surface area (Å²) in [5.41, 5.74) is 0.0616. The lowest BCUT2D eigenvalue weighted by atomic mass is 10.1. The maximum Gasteiger partial charge on any atom is 0.433 e. The van der Waals surface area contributed by atoms with E-state index in [2.05, 4.69) is 0 Å². The summed E-state index contributed by atoms with van der Waals surface area (Å²) in [6.07, 6.45) is 0. The molecule has 0 aliphatic rings. The largest absolute Gasteiger partial charge is 0.433 e. The summed E-state index contributed by atoms with van der Waals surface area (Å²) >= 11 is 11.7. The van der Waals surface area contributed by atoms with Crippen LogP contribution in [0, 0.1) is 21.7 Å².